The van der Waals surface area contributed by atoms with Crippen molar-refractivity contribution in [2.45, 2.75) is 10.8 Å². The van der Waals surface area contributed by atoms with Crippen molar-refractivity contribution in [3.63, 3.8) is 0 Å². The normalized spacial score (nSPS) is 15.3. The van der Waals surface area contributed by atoms with Gasteiger partial charge in [-0.15, -0.1) is 0 Å². The fraction of sp³-hybridized carbons (Fsp3) is 0.0417. The third kappa shape index (κ3) is 2.84. The number of aromatic nitrogens is 1. The third-order valence-corrected chi connectivity index (χ3v) is 12.1. The lowest BCUT2D eigenvalue weighted by Gasteiger charge is -2.49. The van der Waals surface area contributed by atoms with Gasteiger partial charge in [0.2, 0.25) is 0 Å². The number of nitrogens with one attached hydrogen (secondary N) is 1. The molecule has 9 aromatic rings. The second-order valence-electron chi connectivity index (χ2n) is 14.0. The van der Waals surface area contributed by atoms with Crippen LogP contribution in [0.4, 0.5) is 0 Å². The van der Waals surface area contributed by atoms with Crippen molar-refractivity contribution in [3.05, 3.63) is 214 Å². The third-order valence-electron chi connectivity index (χ3n) is 12.1. The molecule has 0 saturated heterocycles. The number of rotatable bonds is 0. The molecule has 2 spiro atoms. The van der Waals surface area contributed by atoms with Gasteiger partial charge in [-0.3, -0.25) is 0 Å². The van der Waals surface area contributed by atoms with Crippen LogP contribution >= 0.6 is 0 Å². The molecular formula is C48H29N. The molecule has 3 aliphatic carbocycles. The maximum Gasteiger partial charge on any atom is 0.0720 e. The Kier molecular flexibility index (Phi) is 4.66. The van der Waals surface area contributed by atoms with Crippen molar-refractivity contribution in [1.82, 2.24) is 4.98 Å². The van der Waals surface area contributed by atoms with E-state index in [1.165, 1.54) is 99.3 Å². The molecule has 0 fully saturated rings. The fourth-order valence-electron chi connectivity index (χ4n) is 10.4. The monoisotopic (exact) mass is 619 g/mol. The topological polar surface area (TPSA) is 15.8 Å². The van der Waals surface area contributed by atoms with Gasteiger partial charge >= 0.3 is 0 Å². The van der Waals surface area contributed by atoms with Gasteiger partial charge < -0.3 is 4.98 Å². The average Bonchev–Trinajstić information content (AvgIpc) is 3.79. The minimum absolute atomic E-state index is 0.482. The van der Waals surface area contributed by atoms with Crippen molar-refractivity contribution in [2.75, 3.05) is 0 Å². The summed E-state index contributed by atoms with van der Waals surface area (Å²) in [5, 5.41) is 5.13. The average molecular weight is 620 g/mol. The molecular weight excluding hydrogens is 591 g/mol. The number of fused-ring (bicyclic) bond motifs is 21. The Balaban J connectivity index is 1.36. The standard InChI is InChI=1S/C48H29N/c1-2-14-30-29(13-1)25-26-44-46(30)35-27-42-43(28-45(35)49-44)48(38-21-9-5-17-33(38)34-18-6-10-22-39(34)48)41-24-12-11-23-40(41)47(42)36-19-7-3-15-31(36)32-16-4-8-20-37(32)47/h1-28,49H. The molecule has 0 amide bonds. The van der Waals surface area contributed by atoms with E-state index >= 15 is 0 Å². The summed E-state index contributed by atoms with van der Waals surface area (Å²) in [4.78, 5) is 3.92. The summed E-state index contributed by atoms with van der Waals surface area (Å²) in [6.07, 6.45) is 0. The van der Waals surface area contributed by atoms with Crippen LogP contribution in [-0.2, 0) is 10.8 Å². The first-order valence-corrected chi connectivity index (χ1v) is 17.3. The molecule has 49 heavy (non-hydrogen) atoms. The smallest absolute Gasteiger partial charge is 0.0720 e. The molecule has 0 bridgehead atoms. The Hall–Kier alpha value is -6.18. The lowest BCUT2D eigenvalue weighted by Crippen LogP contribution is -2.43. The molecule has 0 radical (unpaired) electrons. The highest BCUT2D eigenvalue weighted by Crippen LogP contribution is 2.67. The van der Waals surface area contributed by atoms with Crippen LogP contribution in [0.15, 0.2) is 170 Å². The Labute approximate surface area is 284 Å². The van der Waals surface area contributed by atoms with E-state index in [0.29, 0.717) is 0 Å². The zero-order valence-electron chi connectivity index (χ0n) is 26.7. The van der Waals surface area contributed by atoms with Crippen molar-refractivity contribution in [3.8, 4) is 22.3 Å². The second kappa shape index (κ2) is 8.83. The first-order valence-electron chi connectivity index (χ1n) is 17.3. The molecule has 1 nitrogen and oxygen atoms in total. The summed E-state index contributed by atoms with van der Waals surface area (Å²) in [5.41, 5.74) is 17.6. The summed E-state index contributed by atoms with van der Waals surface area (Å²) in [6.45, 7) is 0. The zero-order chi connectivity index (χ0) is 31.9. The molecule has 3 aliphatic rings. The summed E-state index contributed by atoms with van der Waals surface area (Å²) >= 11 is 0. The van der Waals surface area contributed by atoms with E-state index in [1.807, 2.05) is 0 Å². The number of hydrogen-bond donors (Lipinski definition) is 1. The first-order chi connectivity index (χ1) is 24.3. The molecule has 1 heteroatoms. The van der Waals surface area contributed by atoms with Gasteiger partial charge in [-0.25, -0.2) is 0 Å². The van der Waals surface area contributed by atoms with Crippen LogP contribution in [0.2, 0.25) is 0 Å². The van der Waals surface area contributed by atoms with Crippen molar-refractivity contribution >= 4 is 32.6 Å². The highest BCUT2D eigenvalue weighted by Gasteiger charge is 2.59. The fourth-order valence-corrected chi connectivity index (χ4v) is 10.4. The van der Waals surface area contributed by atoms with Crippen LogP contribution in [0.1, 0.15) is 44.5 Å². The van der Waals surface area contributed by atoms with Crippen LogP contribution < -0.4 is 0 Å². The van der Waals surface area contributed by atoms with Gasteiger partial charge in [0.1, 0.15) is 0 Å². The minimum Gasteiger partial charge on any atom is -0.354 e. The predicted molar refractivity (Wildman–Crippen MR) is 201 cm³/mol. The number of benzene rings is 8. The number of aromatic amines is 1. The summed E-state index contributed by atoms with van der Waals surface area (Å²) in [7, 11) is 0. The molecule has 226 valence electrons. The van der Waals surface area contributed by atoms with Gasteiger partial charge in [0.25, 0.3) is 0 Å². The van der Waals surface area contributed by atoms with Crippen molar-refractivity contribution in [2.24, 2.45) is 0 Å². The van der Waals surface area contributed by atoms with Crippen LogP contribution in [0.5, 0.6) is 0 Å². The lowest BCUT2D eigenvalue weighted by atomic mass is 9.52. The Morgan fingerprint density at radius 1 is 0.306 bits per heavy atom. The van der Waals surface area contributed by atoms with E-state index in [-0.39, 0.29) is 0 Å². The predicted octanol–water partition coefficient (Wildman–Crippen LogP) is 11.5. The number of H-pyrrole nitrogens is 1. The van der Waals surface area contributed by atoms with Gasteiger partial charge in [-0.2, -0.15) is 0 Å². The molecule has 0 unspecified atom stereocenters. The molecule has 1 N–H and O–H groups in total. The summed E-state index contributed by atoms with van der Waals surface area (Å²) in [5.74, 6) is 0. The van der Waals surface area contributed by atoms with E-state index < -0.39 is 10.8 Å². The molecule has 0 saturated carbocycles. The Morgan fingerprint density at radius 2 is 0.735 bits per heavy atom. The maximum atomic E-state index is 3.92. The molecule has 12 rings (SSSR count). The van der Waals surface area contributed by atoms with E-state index in [4.69, 9.17) is 0 Å². The molecule has 8 aromatic carbocycles. The summed E-state index contributed by atoms with van der Waals surface area (Å²) in [6, 6.07) is 64.3. The van der Waals surface area contributed by atoms with E-state index in [0.717, 1.165) is 0 Å². The molecule has 1 heterocycles. The van der Waals surface area contributed by atoms with Gasteiger partial charge in [-0.05, 0) is 95.7 Å². The van der Waals surface area contributed by atoms with Crippen molar-refractivity contribution in [1.29, 1.82) is 0 Å². The van der Waals surface area contributed by atoms with Crippen LogP contribution in [0.25, 0.3) is 54.8 Å². The first kappa shape index (κ1) is 25.9. The van der Waals surface area contributed by atoms with Gasteiger partial charge in [0.05, 0.1) is 10.8 Å². The van der Waals surface area contributed by atoms with E-state index in [9.17, 15) is 0 Å². The Bertz CT molecular complexity index is 2810. The zero-order valence-corrected chi connectivity index (χ0v) is 26.7. The lowest BCUT2D eigenvalue weighted by molar-refractivity contribution is 0.634. The molecule has 1 aromatic heterocycles. The molecule has 0 atom stereocenters. The van der Waals surface area contributed by atoms with E-state index in [1.54, 1.807) is 0 Å². The van der Waals surface area contributed by atoms with Gasteiger partial charge in [0, 0.05) is 21.8 Å². The molecule has 0 aliphatic heterocycles. The van der Waals surface area contributed by atoms with Crippen LogP contribution in [0, 0.1) is 0 Å². The van der Waals surface area contributed by atoms with Crippen LogP contribution in [0.3, 0.4) is 0 Å². The SMILES string of the molecule is c1ccc2c(c1)-c1ccccc1C21c2ccccc2C2(c3ccccc3-c3ccccc32)c2cc3c(cc21)[nH]c1ccc2ccccc2c13. The Morgan fingerprint density at radius 3 is 1.27 bits per heavy atom. The highest BCUT2D eigenvalue weighted by atomic mass is 14.7. The largest absolute Gasteiger partial charge is 0.354 e. The summed E-state index contributed by atoms with van der Waals surface area (Å²) < 4.78 is 0. The van der Waals surface area contributed by atoms with Crippen molar-refractivity contribution < 1.29 is 0 Å². The van der Waals surface area contributed by atoms with Gasteiger partial charge in [0.15, 0.2) is 0 Å². The minimum atomic E-state index is -0.487. The van der Waals surface area contributed by atoms with Crippen LogP contribution in [-0.4, -0.2) is 4.98 Å². The number of hydrogen-bond acceptors (Lipinski definition) is 0. The maximum absolute atomic E-state index is 3.92. The highest BCUT2D eigenvalue weighted by molar-refractivity contribution is 6.20. The van der Waals surface area contributed by atoms with E-state index in [2.05, 4.69) is 175 Å². The second-order valence-corrected chi connectivity index (χ2v) is 14.0. The quantitative estimate of drug-likeness (QED) is 0.174. The van der Waals surface area contributed by atoms with Gasteiger partial charge in [-0.1, -0.05) is 152 Å².